The van der Waals surface area contributed by atoms with E-state index in [0.29, 0.717) is 25.9 Å². The average molecular weight is 278 g/mol. The van der Waals surface area contributed by atoms with E-state index < -0.39 is 11.4 Å². The van der Waals surface area contributed by atoms with Gasteiger partial charge >= 0.3 is 5.97 Å². The molecule has 0 bridgehead atoms. The summed E-state index contributed by atoms with van der Waals surface area (Å²) in [6.45, 7) is 6.58. The van der Waals surface area contributed by atoms with Crippen molar-refractivity contribution < 1.29 is 14.6 Å². The van der Waals surface area contributed by atoms with Crippen molar-refractivity contribution in [2.75, 3.05) is 6.61 Å². The molecule has 0 saturated carbocycles. The Labute approximate surface area is 122 Å². The maximum atomic E-state index is 11.4. The zero-order valence-corrected chi connectivity index (χ0v) is 12.8. The lowest BCUT2D eigenvalue weighted by Crippen LogP contribution is -2.30. The highest BCUT2D eigenvalue weighted by Gasteiger charge is 2.33. The van der Waals surface area contributed by atoms with Crippen LogP contribution in [0.3, 0.4) is 0 Å². The van der Waals surface area contributed by atoms with Crippen LogP contribution in [0.15, 0.2) is 24.3 Å². The number of carboxylic acid groups (broad SMARTS) is 1. The Kier molecular flexibility index (Phi) is 6.56. The van der Waals surface area contributed by atoms with Crippen LogP contribution < -0.4 is 4.74 Å². The minimum absolute atomic E-state index is 0.572. The molecule has 0 heterocycles. The van der Waals surface area contributed by atoms with Crippen LogP contribution in [0.5, 0.6) is 5.75 Å². The van der Waals surface area contributed by atoms with E-state index in [2.05, 4.69) is 13.0 Å². The number of ether oxygens (including phenoxy) is 1. The van der Waals surface area contributed by atoms with E-state index in [0.717, 1.165) is 18.6 Å². The number of aliphatic carboxylic acids is 1. The molecule has 1 rings (SSSR count). The molecule has 0 aliphatic rings. The molecule has 0 aromatic heterocycles. The third-order valence-electron chi connectivity index (χ3n) is 4.18. The molecule has 3 heteroatoms. The van der Waals surface area contributed by atoms with Gasteiger partial charge in [0.1, 0.15) is 5.75 Å². The van der Waals surface area contributed by atoms with E-state index in [1.165, 1.54) is 5.56 Å². The fourth-order valence-electron chi connectivity index (χ4n) is 2.47. The van der Waals surface area contributed by atoms with Crippen molar-refractivity contribution in [2.24, 2.45) is 5.41 Å². The number of benzene rings is 1. The lowest BCUT2D eigenvalue weighted by molar-refractivity contribution is -0.150. The summed E-state index contributed by atoms with van der Waals surface area (Å²) in [4.78, 5) is 11.4. The molecule has 0 spiro atoms. The van der Waals surface area contributed by atoms with Crippen molar-refractivity contribution in [2.45, 2.75) is 52.9 Å². The van der Waals surface area contributed by atoms with Gasteiger partial charge in [-0.2, -0.15) is 0 Å². The van der Waals surface area contributed by atoms with Crippen molar-refractivity contribution in [3.8, 4) is 5.75 Å². The third-order valence-corrected chi connectivity index (χ3v) is 4.18. The summed E-state index contributed by atoms with van der Waals surface area (Å²) in [7, 11) is 0. The molecule has 0 amide bonds. The first-order valence-corrected chi connectivity index (χ1v) is 7.53. The van der Waals surface area contributed by atoms with Crippen LogP contribution in [0.25, 0.3) is 0 Å². The molecule has 0 fully saturated rings. The van der Waals surface area contributed by atoms with Crippen LogP contribution in [0.4, 0.5) is 0 Å². The lowest BCUT2D eigenvalue weighted by atomic mass is 9.78. The Morgan fingerprint density at radius 3 is 2.50 bits per heavy atom. The second-order valence-electron chi connectivity index (χ2n) is 5.25. The molecule has 1 N–H and O–H groups in total. The summed E-state index contributed by atoms with van der Waals surface area (Å²) in [6, 6.07) is 8.07. The Hall–Kier alpha value is -1.51. The van der Waals surface area contributed by atoms with Crippen LogP contribution in [-0.2, 0) is 11.2 Å². The van der Waals surface area contributed by atoms with Gasteiger partial charge in [-0.1, -0.05) is 32.9 Å². The van der Waals surface area contributed by atoms with Gasteiger partial charge in [0.2, 0.25) is 0 Å². The second-order valence-corrected chi connectivity index (χ2v) is 5.25. The van der Waals surface area contributed by atoms with Gasteiger partial charge in [-0.25, -0.2) is 0 Å². The van der Waals surface area contributed by atoms with Gasteiger partial charge in [0, 0.05) is 0 Å². The molecule has 0 saturated heterocycles. The molecule has 0 aliphatic heterocycles. The number of rotatable bonds is 9. The quantitative estimate of drug-likeness (QED) is 0.685. The molecule has 1 aromatic carbocycles. The summed E-state index contributed by atoms with van der Waals surface area (Å²) in [5, 5.41) is 9.37. The molecular formula is C17H26O3. The van der Waals surface area contributed by atoms with Gasteiger partial charge in [-0.3, -0.25) is 4.79 Å². The zero-order chi connectivity index (χ0) is 15.0. The molecule has 112 valence electrons. The molecular weight excluding hydrogens is 252 g/mol. The number of carbonyl (C=O) groups is 1. The molecule has 20 heavy (non-hydrogen) atoms. The van der Waals surface area contributed by atoms with E-state index >= 15 is 0 Å². The number of aryl methyl sites for hydroxylation is 1. The maximum absolute atomic E-state index is 11.4. The highest BCUT2D eigenvalue weighted by atomic mass is 16.5. The molecule has 1 aromatic rings. The molecule has 0 radical (unpaired) electrons. The van der Waals surface area contributed by atoms with E-state index in [1.807, 2.05) is 32.0 Å². The monoisotopic (exact) mass is 278 g/mol. The smallest absolute Gasteiger partial charge is 0.309 e. The summed E-state index contributed by atoms with van der Waals surface area (Å²) in [5.41, 5.74) is 0.666. The largest absolute Gasteiger partial charge is 0.494 e. The Bertz CT molecular complexity index is 422. The van der Waals surface area contributed by atoms with Gasteiger partial charge in [0.15, 0.2) is 0 Å². The topological polar surface area (TPSA) is 46.5 Å². The third kappa shape index (κ3) is 4.26. The Morgan fingerprint density at radius 2 is 1.95 bits per heavy atom. The molecule has 0 unspecified atom stereocenters. The van der Waals surface area contributed by atoms with Crippen LogP contribution in [-0.4, -0.2) is 17.7 Å². The predicted molar refractivity (Wildman–Crippen MR) is 81.2 cm³/mol. The fraction of sp³-hybridized carbons (Fsp3) is 0.588. The normalized spacial score (nSPS) is 11.3. The van der Waals surface area contributed by atoms with Gasteiger partial charge in [-0.15, -0.1) is 0 Å². The minimum atomic E-state index is -0.685. The van der Waals surface area contributed by atoms with Crippen molar-refractivity contribution in [3.63, 3.8) is 0 Å². The van der Waals surface area contributed by atoms with Crippen LogP contribution in [0, 0.1) is 5.41 Å². The van der Waals surface area contributed by atoms with Crippen molar-refractivity contribution in [3.05, 3.63) is 29.8 Å². The molecule has 3 nitrogen and oxygen atoms in total. The van der Waals surface area contributed by atoms with E-state index in [4.69, 9.17) is 4.74 Å². The standard InChI is InChI=1S/C17H26O3/c1-4-14-9-7-10-15(13-14)20-12-8-11-17(5-2,6-3)16(18)19/h7,9-10,13H,4-6,8,11-12H2,1-3H3,(H,18,19). The van der Waals surface area contributed by atoms with E-state index in [-0.39, 0.29) is 0 Å². The molecule has 0 atom stereocenters. The van der Waals surface area contributed by atoms with Crippen molar-refractivity contribution >= 4 is 5.97 Å². The van der Waals surface area contributed by atoms with Crippen molar-refractivity contribution in [1.82, 2.24) is 0 Å². The summed E-state index contributed by atoms with van der Waals surface area (Å²) < 4.78 is 5.72. The summed E-state index contributed by atoms with van der Waals surface area (Å²) in [6.07, 6.45) is 3.77. The molecule has 0 aliphatic carbocycles. The Balaban J connectivity index is 2.46. The van der Waals surface area contributed by atoms with Crippen molar-refractivity contribution in [1.29, 1.82) is 0 Å². The van der Waals surface area contributed by atoms with Crippen LogP contribution in [0.1, 0.15) is 52.0 Å². The highest BCUT2D eigenvalue weighted by molar-refractivity contribution is 5.74. The predicted octanol–water partition coefficient (Wildman–Crippen LogP) is 4.30. The average Bonchev–Trinajstić information content (AvgIpc) is 2.48. The second kappa shape index (κ2) is 7.93. The fourth-order valence-corrected chi connectivity index (χ4v) is 2.47. The maximum Gasteiger partial charge on any atom is 0.309 e. The van der Waals surface area contributed by atoms with Crippen LogP contribution >= 0.6 is 0 Å². The van der Waals surface area contributed by atoms with Gasteiger partial charge < -0.3 is 9.84 Å². The first kappa shape index (κ1) is 16.5. The SMILES string of the molecule is CCc1cccc(OCCCC(CC)(CC)C(=O)O)c1. The number of carboxylic acids is 1. The number of hydrogen-bond donors (Lipinski definition) is 1. The zero-order valence-electron chi connectivity index (χ0n) is 12.8. The van der Waals surface area contributed by atoms with Crippen LogP contribution in [0.2, 0.25) is 0 Å². The highest BCUT2D eigenvalue weighted by Crippen LogP contribution is 2.32. The van der Waals surface area contributed by atoms with E-state index in [9.17, 15) is 9.90 Å². The van der Waals surface area contributed by atoms with Gasteiger partial charge in [-0.05, 0) is 49.8 Å². The van der Waals surface area contributed by atoms with Gasteiger partial charge in [0.05, 0.1) is 12.0 Å². The summed E-state index contributed by atoms with van der Waals surface area (Å²) in [5.74, 6) is 0.189. The van der Waals surface area contributed by atoms with Gasteiger partial charge in [0.25, 0.3) is 0 Å². The van der Waals surface area contributed by atoms with E-state index in [1.54, 1.807) is 0 Å². The summed E-state index contributed by atoms with van der Waals surface area (Å²) >= 11 is 0. The first-order chi connectivity index (χ1) is 9.57. The lowest BCUT2D eigenvalue weighted by Gasteiger charge is -2.26. The minimum Gasteiger partial charge on any atom is -0.494 e. The first-order valence-electron chi connectivity index (χ1n) is 7.53. The number of hydrogen-bond acceptors (Lipinski definition) is 2. The Morgan fingerprint density at radius 1 is 1.25 bits per heavy atom.